The number of hydrogen-bond donors (Lipinski definition) is 2. The largest absolute Gasteiger partial charge is 0.506 e. The van der Waals surface area contributed by atoms with E-state index in [0.29, 0.717) is 24.3 Å². The molecule has 100 valence electrons. The van der Waals surface area contributed by atoms with E-state index in [1.165, 1.54) is 0 Å². The lowest BCUT2D eigenvalue weighted by atomic mass is 9.93. The van der Waals surface area contributed by atoms with Crippen molar-refractivity contribution in [2.75, 3.05) is 13.2 Å². The molecule has 18 heavy (non-hydrogen) atoms. The first-order chi connectivity index (χ1) is 8.68. The highest BCUT2D eigenvalue weighted by molar-refractivity contribution is 9.10. The lowest BCUT2D eigenvalue weighted by molar-refractivity contribution is 0.0557. The van der Waals surface area contributed by atoms with Crippen LogP contribution in [-0.4, -0.2) is 24.4 Å². The van der Waals surface area contributed by atoms with E-state index in [2.05, 4.69) is 28.2 Å². The highest BCUT2D eigenvalue weighted by Crippen LogP contribution is 2.27. The molecule has 1 aliphatic rings. The van der Waals surface area contributed by atoms with Gasteiger partial charge in [-0.15, -0.1) is 0 Å². The van der Waals surface area contributed by atoms with E-state index in [0.717, 1.165) is 36.1 Å². The molecule has 1 aromatic rings. The highest BCUT2D eigenvalue weighted by Gasteiger charge is 2.20. The number of nitrogens with one attached hydrogen (secondary N) is 1. The molecule has 3 nitrogen and oxygen atoms in total. The van der Waals surface area contributed by atoms with Gasteiger partial charge in [-0.3, -0.25) is 0 Å². The summed E-state index contributed by atoms with van der Waals surface area (Å²) in [5.41, 5.74) is 0.934. The second kappa shape index (κ2) is 6.55. The molecule has 0 spiro atoms. The normalized spacial score (nSPS) is 18.8. The van der Waals surface area contributed by atoms with Gasteiger partial charge in [-0.05, 0) is 47.7 Å². The van der Waals surface area contributed by atoms with Gasteiger partial charge in [0.15, 0.2) is 0 Å². The van der Waals surface area contributed by atoms with Crippen LogP contribution in [0.5, 0.6) is 5.75 Å². The van der Waals surface area contributed by atoms with Crippen LogP contribution >= 0.6 is 15.9 Å². The van der Waals surface area contributed by atoms with Crippen molar-refractivity contribution >= 4 is 15.9 Å². The fourth-order valence-electron chi connectivity index (χ4n) is 2.36. The van der Waals surface area contributed by atoms with Gasteiger partial charge in [0.1, 0.15) is 5.75 Å². The molecule has 1 atom stereocenters. The Kier molecular flexibility index (Phi) is 5.03. The fraction of sp³-hybridized carbons (Fsp3) is 0.571. The van der Waals surface area contributed by atoms with Crippen molar-refractivity contribution in [3.8, 4) is 5.75 Å². The maximum atomic E-state index is 9.91. The smallest absolute Gasteiger partial charge is 0.134 e. The molecule has 0 amide bonds. The summed E-state index contributed by atoms with van der Waals surface area (Å²) in [7, 11) is 0. The summed E-state index contributed by atoms with van der Waals surface area (Å²) in [6.07, 6.45) is 2.25. The Morgan fingerprint density at radius 2 is 2.17 bits per heavy atom. The van der Waals surface area contributed by atoms with E-state index >= 15 is 0 Å². The van der Waals surface area contributed by atoms with Crippen molar-refractivity contribution in [1.82, 2.24) is 5.32 Å². The lowest BCUT2D eigenvalue weighted by Crippen LogP contribution is -2.36. The zero-order valence-corrected chi connectivity index (χ0v) is 12.2. The van der Waals surface area contributed by atoms with Gasteiger partial charge in [0.25, 0.3) is 0 Å². The van der Waals surface area contributed by atoms with E-state index in [1.807, 2.05) is 18.2 Å². The average molecular weight is 314 g/mol. The molecule has 1 aliphatic heterocycles. The number of phenols is 1. The Bertz CT molecular complexity index is 391. The molecule has 1 unspecified atom stereocenters. The summed E-state index contributed by atoms with van der Waals surface area (Å²) in [5, 5.41) is 13.4. The van der Waals surface area contributed by atoms with Crippen LogP contribution < -0.4 is 5.32 Å². The van der Waals surface area contributed by atoms with Gasteiger partial charge in [-0.1, -0.05) is 12.1 Å². The molecule has 2 rings (SSSR count). The van der Waals surface area contributed by atoms with Crippen molar-refractivity contribution in [3.05, 3.63) is 28.2 Å². The molecule has 0 aromatic heterocycles. The van der Waals surface area contributed by atoms with Crippen LogP contribution in [0.25, 0.3) is 0 Å². The zero-order valence-electron chi connectivity index (χ0n) is 10.7. The SMILES string of the molecule is CC(NCc1cccc(Br)c1O)C1CCOCC1. The number of para-hydroxylation sites is 1. The first-order valence-corrected chi connectivity index (χ1v) is 7.25. The van der Waals surface area contributed by atoms with Crippen LogP contribution in [0.1, 0.15) is 25.3 Å². The Labute approximate surface area is 117 Å². The quantitative estimate of drug-likeness (QED) is 0.897. The third-order valence-electron chi connectivity index (χ3n) is 3.66. The van der Waals surface area contributed by atoms with Gasteiger partial charge in [0.2, 0.25) is 0 Å². The van der Waals surface area contributed by atoms with Crippen molar-refractivity contribution in [2.45, 2.75) is 32.4 Å². The molecule has 1 heterocycles. The highest BCUT2D eigenvalue weighted by atomic mass is 79.9. The summed E-state index contributed by atoms with van der Waals surface area (Å²) in [6.45, 7) is 4.66. The van der Waals surface area contributed by atoms with Crippen molar-refractivity contribution < 1.29 is 9.84 Å². The molecular formula is C14H20BrNO2. The van der Waals surface area contributed by atoms with Gasteiger partial charge >= 0.3 is 0 Å². The van der Waals surface area contributed by atoms with Crippen LogP contribution in [0, 0.1) is 5.92 Å². The standard InChI is InChI=1S/C14H20BrNO2/c1-10(11-5-7-18-8-6-11)16-9-12-3-2-4-13(15)14(12)17/h2-4,10-11,16-17H,5-9H2,1H3. The van der Waals surface area contributed by atoms with Crippen LogP contribution in [0.3, 0.4) is 0 Å². The molecule has 0 radical (unpaired) electrons. The van der Waals surface area contributed by atoms with Crippen molar-refractivity contribution in [2.24, 2.45) is 5.92 Å². The van der Waals surface area contributed by atoms with E-state index in [4.69, 9.17) is 4.74 Å². The minimum absolute atomic E-state index is 0.337. The monoisotopic (exact) mass is 313 g/mol. The van der Waals surface area contributed by atoms with Gasteiger partial charge < -0.3 is 15.2 Å². The number of ether oxygens (including phenoxy) is 1. The minimum atomic E-state index is 0.337. The summed E-state index contributed by atoms with van der Waals surface area (Å²) in [5.74, 6) is 1.01. The van der Waals surface area contributed by atoms with Gasteiger partial charge in [0, 0.05) is 31.4 Å². The topological polar surface area (TPSA) is 41.5 Å². The van der Waals surface area contributed by atoms with Crippen molar-refractivity contribution in [1.29, 1.82) is 0 Å². The lowest BCUT2D eigenvalue weighted by Gasteiger charge is -2.28. The Morgan fingerprint density at radius 1 is 1.44 bits per heavy atom. The van der Waals surface area contributed by atoms with E-state index in [9.17, 15) is 5.11 Å². The number of phenolic OH excluding ortho intramolecular Hbond substituents is 1. The third-order valence-corrected chi connectivity index (χ3v) is 4.30. The fourth-order valence-corrected chi connectivity index (χ4v) is 2.76. The van der Waals surface area contributed by atoms with Crippen molar-refractivity contribution in [3.63, 3.8) is 0 Å². The molecular weight excluding hydrogens is 294 g/mol. The van der Waals surface area contributed by atoms with Crippen LogP contribution in [-0.2, 0) is 11.3 Å². The van der Waals surface area contributed by atoms with Gasteiger partial charge in [0.05, 0.1) is 4.47 Å². The number of rotatable bonds is 4. The Morgan fingerprint density at radius 3 is 2.89 bits per heavy atom. The maximum absolute atomic E-state index is 9.91. The molecule has 2 N–H and O–H groups in total. The molecule has 0 saturated carbocycles. The second-order valence-electron chi connectivity index (χ2n) is 4.87. The molecule has 0 aliphatic carbocycles. The summed E-state index contributed by atoms with van der Waals surface area (Å²) < 4.78 is 6.12. The summed E-state index contributed by atoms with van der Waals surface area (Å²) in [4.78, 5) is 0. The number of hydrogen-bond acceptors (Lipinski definition) is 3. The summed E-state index contributed by atoms with van der Waals surface area (Å²) in [6, 6.07) is 6.19. The molecule has 1 aromatic carbocycles. The van der Waals surface area contributed by atoms with Crippen LogP contribution in [0.2, 0.25) is 0 Å². The van der Waals surface area contributed by atoms with E-state index in [1.54, 1.807) is 0 Å². The second-order valence-corrected chi connectivity index (χ2v) is 5.72. The first kappa shape index (κ1) is 13.8. The number of halogens is 1. The first-order valence-electron chi connectivity index (χ1n) is 6.46. The van der Waals surface area contributed by atoms with E-state index < -0.39 is 0 Å². The van der Waals surface area contributed by atoms with Crippen LogP contribution in [0.4, 0.5) is 0 Å². The number of aromatic hydroxyl groups is 1. The van der Waals surface area contributed by atoms with Crippen LogP contribution in [0.15, 0.2) is 22.7 Å². The van der Waals surface area contributed by atoms with Gasteiger partial charge in [-0.25, -0.2) is 0 Å². The average Bonchev–Trinajstić information content (AvgIpc) is 2.41. The molecule has 1 saturated heterocycles. The molecule has 4 heteroatoms. The third kappa shape index (κ3) is 3.46. The Balaban J connectivity index is 1.88. The number of benzene rings is 1. The predicted octanol–water partition coefficient (Wildman–Crippen LogP) is 3.06. The van der Waals surface area contributed by atoms with E-state index in [-0.39, 0.29) is 0 Å². The zero-order chi connectivity index (χ0) is 13.0. The Hall–Kier alpha value is -0.580. The molecule has 1 fully saturated rings. The minimum Gasteiger partial charge on any atom is -0.506 e. The predicted molar refractivity (Wildman–Crippen MR) is 75.7 cm³/mol. The maximum Gasteiger partial charge on any atom is 0.134 e. The molecule has 0 bridgehead atoms. The summed E-state index contributed by atoms with van der Waals surface area (Å²) >= 11 is 3.34. The van der Waals surface area contributed by atoms with Gasteiger partial charge in [-0.2, -0.15) is 0 Å².